The van der Waals surface area contributed by atoms with E-state index in [1.165, 1.54) is 29.2 Å². The zero-order chi connectivity index (χ0) is 20.5. The zero-order valence-corrected chi connectivity index (χ0v) is 15.8. The van der Waals surface area contributed by atoms with Crippen LogP contribution in [0, 0.1) is 12.7 Å². The number of halogens is 1. The first-order chi connectivity index (χ1) is 13.9. The van der Waals surface area contributed by atoms with Crippen LogP contribution in [-0.4, -0.2) is 29.8 Å². The van der Waals surface area contributed by atoms with Crippen molar-refractivity contribution in [3.05, 3.63) is 81.5 Å². The van der Waals surface area contributed by atoms with Gasteiger partial charge in [0.1, 0.15) is 17.4 Å². The number of piperazine rings is 1. The van der Waals surface area contributed by atoms with E-state index < -0.39 is 17.5 Å². The highest BCUT2D eigenvalue weighted by Gasteiger charge is 2.34. The number of aryl methyl sites for hydroxylation is 1. The molecule has 1 saturated heterocycles. The SMILES string of the molecule is Cc1ccc2c(CC(=O)N3CCNC(=O)C3c3cccc(F)c3)cc(=O)oc2c1. The Labute approximate surface area is 165 Å². The fourth-order valence-corrected chi connectivity index (χ4v) is 3.69. The van der Waals surface area contributed by atoms with E-state index in [1.54, 1.807) is 12.1 Å². The van der Waals surface area contributed by atoms with Gasteiger partial charge in [0.25, 0.3) is 0 Å². The van der Waals surface area contributed by atoms with E-state index in [-0.39, 0.29) is 18.2 Å². The third-order valence-electron chi connectivity index (χ3n) is 5.02. The monoisotopic (exact) mass is 394 g/mol. The van der Waals surface area contributed by atoms with Crippen LogP contribution in [-0.2, 0) is 16.0 Å². The van der Waals surface area contributed by atoms with Crippen molar-refractivity contribution in [2.45, 2.75) is 19.4 Å². The average molecular weight is 394 g/mol. The average Bonchev–Trinajstić information content (AvgIpc) is 2.67. The molecule has 0 spiro atoms. The number of carbonyl (C=O) groups is 2. The Kier molecular flexibility index (Phi) is 4.88. The van der Waals surface area contributed by atoms with E-state index in [9.17, 15) is 18.8 Å². The maximum Gasteiger partial charge on any atom is 0.336 e. The summed E-state index contributed by atoms with van der Waals surface area (Å²) in [5.41, 5.74) is 1.75. The van der Waals surface area contributed by atoms with Gasteiger partial charge in [-0.15, -0.1) is 0 Å². The summed E-state index contributed by atoms with van der Waals surface area (Å²) in [5, 5.41) is 3.40. The third-order valence-corrected chi connectivity index (χ3v) is 5.02. The first-order valence-corrected chi connectivity index (χ1v) is 9.28. The van der Waals surface area contributed by atoms with Gasteiger partial charge in [0, 0.05) is 24.5 Å². The maximum atomic E-state index is 13.7. The molecule has 1 N–H and O–H groups in total. The summed E-state index contributed by atoms with van der Waals surface area (Å²) in [5.74, 6) is -1.15. The fraction of sp³-hybridized carbons (Fsp3) is 0.227. The number of nitrogens with zero attached hydrogens (tertiary/aromatic N) is 1. The van der Waals surface area contributed by atoms with Crippen LogP contribution in [0.15, 0.2) is 57.7 Å². The van der Waals surface area contributed by atoms with Crippen molar-refractivity contribution in [1.29, 1.82) is 0 Å². The van der Waals surface area contributed by atoms with Gasteiger partial charge in [-0.05, 0) is 41.8 Å². The molecule has 1 fully saturated rings. The highest BCUT2D eigenvalue weighted by atomic mass is 19.1. The summed E-state index contributed by atoms with van der Waals surface area (Å²) in [6, 6.07) is 11.5. The van der Waals surface area contributed by atoms with Gasteiger partial charge in [0.2, 0.25) is 11.8 Å². The topological polar surface area (TPSA) is 79.6 Å². The molecule has 29 heavy (non-hydrogen) atoms. The van der Waals surface area contributed by atoms with Crippen LogP contribution in [0.1, 0.15) is 22.7 Å². The normalized spacial score (nSPS) is 16.7. The van der Waals surface area contributed by atoms with E-state index >= 15 is 0 Å². The van der Waals surface area contributed by atoms with E-state index in [2.05, 4.69) is 5.32 Å². The van der Waals surface area contributed by atoms with Gasteiger partial charge in [-0.1, -0.05) is 24.3 Å². The first-order valence-electron chi connectivity index (χ1n) is 9.28. The summed E-state index contributed by atoms with van der Waals surface area (Å²) in [4.78, 5) is 39.0. The third kappa shape index (κ3) is 3.76. The zero-order valence-electron chi connectivity index (χ0n) is 15.8. The maximum absolute atomic E-state index is 13.7. The van der Waals surface area contributed by atoms with Crippen molar-refractivity contribution in [2.75, 3.05) is 13.1 Å². The van der Waals surface area contributed by atoms with Gasteiger partial charge in [-0.2, -0.15) is 0 Å². The Morgan fingerprint density at radius 2 is 2.03 bits per heavy atom. The molecule has 148 valence electrons. The molecule has 7 heteroatoms. The molecule has 1 aliphatic heterocycles. The second-order valence-corrected chi connectivity index (χ2v) is 7.10. The molecular formula is C22H19FN2O4. The molecule has 2 amide bonds. The predicted molar refractivity (Wildman–Crippen MR) is 105 cm³/mol. The van der Waals surface area contributed by atoms with Crippen molar-refractivity contribution in [3.63, 3.8) is 0 Å². The lowest BCUT2D eigenvalue weighted by molar-refractivity contribution is -0.143. The summed E-state index contributed by atoms with van der Waals surface area (Å²) < 4.78 is 18.9. The van der Waals surface area contributed by atoms with Crippen LogP contribution in [0.2, 0.25) is 0 Å². The van der Waals surface area contributed by atoms with Crippen LogP contribution >= 0.6 is 0 Å². The van der Waals surface area contributed by atoms with Crippen LogP contribution in [0.25, 0.3) is 11.0 Å². The van der Waals surface area contributed by atoms with Gasteiger partial charge in [-0.25, -0.2) is 9.18 Å². The Morgan fingerprint density at radius 1 is 1.21 bits per heavy atom. The molecule has 6 nitrogen and oxygen atoms in total. The van der Waals surface area contributed by atoms with Crippen LogP contribution in [0.4, 0.5) is 4.39 Å². The van der Waals surface area contributed by atoms with E-state index in [4.69, 9.17) is 4.42 Å². The number of benzene rings is 2. The molecule has 3 aromatic rings. The molecule has 2 heterocycles. The summed E-state index contributed by atoms with van der Waals surface area (Å²) in [6.45, 7) is 2.49. The molecule has 2 aromatic carbocycles. The highest BCUT2D eigenvalue weighted by Crippen LogP contribution is 2.26. The fourth-order valence-electron chi connectivity index (χ4n) is 3.69. The Morgan fingerprint density at radius 3 is 2.83 bits per heavy atom. The number of carbonyl (C=O) groups excluding carboxylic acids is 2. The molecule has 1 unspecified atom stereocenters. The van der Waals surface area contributed by atoms with Crippen molar-refractivity contribution in [1.82, 2.24) is 10.2 Å². The number of hydrogen-bond acceptors (Lipinski definition) is 4. The van der Waals surface area contributed by atoms with Crippen molar-refractivity contribution in [2.24, 2.45) is 0 Å². The summed E-state index contributed by atoms with van der Waals surface area (Å²) >= 11 is 0. The lowest BCUT2D eigenvalue weighted by Gasteiger charge is -2.35. The van der Waals surface area contributed by atoms with Crippen molar-refractivity contribution in [3.8, 4) is 0 Å². The molecule has 1 atom stereocenters. The van der Waals surface area contributed by atoms with Crippen molar-refractivity contribution < 1.29 is 18.4 Å². The van der Waals surface area contributed by atoms with E-state index in [1.807, 2.05) is 19.1 Å². The number of amides is 2. The first kappa shape index (κ1) is 18.9. The molecule has 0 saturated carbocycles. The van der Waals surface area contributed by atoms with Crippen LogP contribution < -0.4 is 10.9 Å². The van der Waals surface area contributed by atoms with Gasteiger partial charge in [-0.3, -0.25) is 9.59 Å². The minimum absolute atomic E-state index is 0.0652. The minimum Gasteiger partial charge on any atom is -0.423 e. The largest absolute Gasteiger partial charge is 0.423 e. The second kappa shape index (κ2) is 7.50. The van der Waals surface area contributed by atoms with Crippen LogP contribution in [0.3, 0.4) is 0 Å². The van der Waals surface area contributed by atoms with Gasteiger partial charge >= 0.3 is 5.63 Å². The highest BCUT2D eigenvalue weighted by molar-refractivity contribution is 5.92. The molecule has 1 aromatic heterocycles. The quantitative estimate of drug-likeness (QED) is 0.693. The molecule has 0 radical (unpaired) electrons. The summed E-state index contributed by atoms with van der Waals surface area (Å²) in [7, 11) is 0. The van der Waals surface area contributed by atoms with E-state index in [0.717, 1.165) is 5.56 Å². The number of rotatable bonds is 3. The standard InChI is InChI=1S/C22H19FN2O4/c1-13-5-6-17-15(12-20(27)29-18(17)9-13)11-19(26)25-8-7-24-22(28)21(25)14-3-2-4-16(23)10-14/h2-6,9-10,12,21H,7-8,11H2,1H3,(H,24,28). The molecule has 4 rings (SSSR count). The molecule has 0 bridgehead atoms. The Bertz CT molecular complexity index is 1170. The summed E-state index contributed by atoms with van der Waals surface area (Å²) in [6.07, 6.45) is -0.0652. The number of hydrogen-bond donors (Lipinski definition) is 1. The second-order valence-electron chi connectivity index (χ2n) is 7.10. The molecular weight excluding hydrogens is 375 g/mol. The lowest BCUT2D eigenvalue weighted by atomic mass is 10.00. The molecule has 1 aliphatic rings. The van der Waals surface area contributed by atoms with Crippen LogP contribution in [0.5, 0.6) is 0 Å². The Balaban J connectivity index is 1.69. The predicted octanol–water partition coefficient (Wildman–Crippen LogP) is 2.48. The number of fused-ring (bicyclic) bond motifs is 1. The van der Waals surface area contributed by atoms with Gasteiger partial charge in [0.15, 0.2) is 0 Å². The minimum atomic E-state index is -0.916. The molecule has 0 aliphatic carbocycles. The Hall–Kier alpha value is -3.48. The van der Waals surface area contributed by atoms with E-state index in [0.29, 0.717) is 35.2 Å². The van der Waals surface area contributed by atoms with Gasteiger partial charge < -0.3 is 14.6 Å². The lowest BCUT2D eigenvalue weighted by Crippen LogP contribution is -2.52. The number of nitrogens with one attached hydrogen (secondary N) is 1. The smallest absolute Gasteiger partial charge is 0.336 e. The van der Waals surface area contributed by atoms with Gasteiger partial charge in [0.05, 0.1) is 6.42 Å². The van der Waals surface area contributed by atoms with Crippen molar-refractivity contribution >= 4 is 22.8 Å².